The van der Waals surface area contributed by atoms with Crippen LogP contribution in [0.5, 0.6) is 0 Å². The molecule has 2 nitrogen and oxygen atoms in total. The molecule has 0 saturated heterocycles. The zero-order chi connectivity index (χ0) is 10.8. The fourth-order valence-electron chi connectivity index (χ4n) is 1.91. The van der Waals surface area contributed by atoms with E-state index < -0.39 is 0 Å². The molecule has 0 atom stereocenters. The molecule has 0 aromatic heterocycles. The van der Waals surface area contributed by atoms with Gasteiger partial charge in [0.25, 0.3) is 0 Å². The van der Waals surface area contributed by atoms with E-state index in [0.29, 0.717) is 12.0 Å². The Morgan fingerprint density at radius 3 is 2.33 bits per heavy atom. The van der Waals surface area contributed by atoms with Crippen molar-refractivity contribution in [3.63, 3.8) is 0 Å². The predicted molar refractivity (Wildman–Crippen MR) is 58.0 cm³/mol. The van der Waals surface area contributed by atoms with Gasteiger partial charge in [-0.3, -0.25) is 4.79 Å². The van der Waals surface area contributed by atoms with Crippen LogP contribution in [0, 0.1) is 11.3 Å². The summed E-state index contributed by atoms with van der Waals surface area (Å²) in [6, 6.07) is 9.26. The lowest BCUT2D eigenvalue weighted by Crippen LogP contribution is -1.95. The number of ketones is 1. The van der Waals surface area contributed by atoms with E-state index in [2.05, 4.69) is 6.07 Å². The van der Waals surface area contributed by atoms with Gasteiger partial charge in [-0.2, -0.15) is 5.26 Å². The maximum absolute atomic E-state index is 11.6. The molecule has 0 bridgehead atoms. The fraction of sp³-hybridized carbons (Fsp3) is 0.231. The molecule has 74 valence electrons. The lowest BCUT2D eigenvalue weighted by atomic mass is 10.0. The van der Waals surface area contributed by atoms with E-state index in [4.69, 9.17) is 5.26 Å². The summed E-state index contributed by atoms with van der Waals surface area (Å²) in [4.78, 5) is 11.6. The molecule has 0 N–H and O–H groups in total. The monoisotopic (exact) mass is 197 g/mol. The molecule has 0 radical (unpaired) electrons. The molecule has 2 rings (SSSR count). The van der Waals surface area contributed by atoms with Gasteiger partial charge in [0, 0.05) is 12.0 Å². The van der Waals surface area contributed by atoms with Gasteiger partial charge >= 0.3 is 0 Å². The van der Waals surface area contributed by atoms with Crippen molar-refractivity contribution in [2.24, 2.45) is 0 Å². The van der Waals surface area contributed by atoms with Crippen LogP contribution in [-0.2, 0) is 4.79 Å². The summed E-state index contributed by atoms with van der Waals surface area (Å²) in [5.74, 6) is 0.220. The predicted octanol–water partition coefficient (Wildman–Crippen LogP) is 2.69. The fourth-order valence-corrected chi connectivity index (χ4v) is 1.91. The molecular formula is C13H11NO. The largest absolute Gasteiger partial charge is 0.294 e. The molecule has 2 heteroatoms. The topological polar surface area (TPSA) is 40.9 Å². The molecule has 0 aliphatic heterocycles. The van der Waals surface area contributed by atoms with Crippen LogP contribution in [0.15, 0.2) is 29.8 Å². The molecule has 0 saturated carbocycles. The summed E-state index contributed by atoms with van der Waals surface area (Å²) in [6.45, 7) is 2.00. The molecule has 15 heavy (non-hydrogen) atoms. The van der Waals surface area contributed by atoms with Gasteiger partial charge in [-0.05, 0) is 31.0 Å². The Morgan fingerprint density at radius 1 is 1.20 bits per heavy atom. The molecule has 1 aliphatic carbocycles. The van der Waals surface area contributed by atoms with Gasteiger partial charge in [-0.25, -0.2) is 0 Å². The minimum Gasteiger partial charge on any atom is -0.294 e. The van der Waals surface area contributed by atoms with Crippen LogP contribution in [0.3, 0.4) is 0 Å². The molecular weight excluding hydrogens is 186 g/mol. The standard InChI is InChI=1S/C13H11NO/c1-9-2-7-12(15)13(9)11-5-3-10(8-14)4-6-11/h3-6H,2,7H2,1H3. The highest BCUT2D eigenvalue weighted by atomic mass is 16.1. The number of allylic oxidation sites excluding steroid dienone is 2. The molecule has 0 unspecified atom stereocenters. The number of Topliss-reactive ketones (excluding diaryl/α,β-unsaturated/α-hetero) is 1. The summed E-state index contributed by atoms with van der Waals surface area (Å²) in [7, 11) is 0. The maximum Gasteiger partial charge on any atom is 0.163 e. The molecule has 0 fully saturated rings. The normalized spacial score (nSPS) is 15.6. The van der Waals surface area contributed by atoms with Crippen molar-refractivity contribution >= 4 is 11.4 Å². The Balaban J connectivity index is 2.43. The number of carbonyl (C=O) groups is 1. The molecule has 0 amide bonds. The van der Waals surface area contributed by atoms with Crippen molar-refractivity contribution in [2.75, 3.05) is 0 Å². The number of benzene rings is 1. The first-order chi connectivity index (χ1) is 7.22. The first-order valence-electron chi connectivity index (χ1n) is 4.96. The Morgan fingerprint density at radius 2 is 1.87 bits per heavy atom. The second-order valence-electron chi connectivity index (χ2n) is 3.77. The zero-order valence-corrected chi connectivity index (χ0v) is 8.58. The lowest BCUT2D eigenvalue weighted by molar-refractivity contribution is -0.113. The molecule has 1 aromatic rings. The van der Waals surface area contributed by atoms with Crippen molar-refractivity contribution < 1.29 is 4.79 Å². The number of nitrogens with zero attached hydrogens (tertiary/aromatic N) is 1. The second kappa shape index (κ2) is 3.70. The maximum atomic E-state index is 11.6. The van der Waals surface area contributed by atoms with Crippen LogP contribution in [0.1, 0.15) is 30.9 Å². The summed E-state index contributed by atoms with van der Waals surface area (Å²) in [5, 5.41) is 8.67. The van der Waals surface area contributed by atoms with E-state index in [1.807, 2.05) is 19.1 Å². The highest BCUT2D eigenvalue weighted by Gasteiger charge is 2.21. The van der Waals surface area contributed by atoms with Crippen LogP contribution in [0.4, 0.5) is 0 Å². The van der Waals surface area contributed by atoms with E-state index in [-0.39, 0.29) is 5.78 Å². The minimum atomic E-state index is 0.220. The van der Waals surface area contributed by atoms with Crippen LogP contribution >= 0.6 is 0 Å². The van der Waals surface area contributed by atoms with Gasteiger partial charge in [-0.15, -0.1) is 0 Å². The van der Waals surface area contributed by atoms with Crippen LogP contribution in [0.2, 0.25) is 0 Å². The first-order valence-corrected chi connectivity index (χ1v) is 4.96. The Labute approximate surface area is 88.8 Å². The third-order valence-electron chi connectivity index (χ3n) is 2.74. The summed E-state index contributed by atoms with van der Waals surface area (Å²) >= 11 is 0. The van der Waals surface area contributed by atoms with E-state index in [0.717, 1.165) is 23.1 Å². The lowest BCUT2D eigenvalue weighted by Gasteiger charge is -2.02. The molecule has 0 spiro atoms. The van der Waals surface area contributed by atoms with Crippen molar-refractivity contribution in [3.05, 3.63) is 41.0 Å². The average Bonchev–Trinajstić information content (AvgIpc) is 2.59. The highest BCUT2D eigenvalue weighted by molar-refractivity contribution is 6.23. The van der Waals surface area contributed by atoms with E-state index in [9.17, 15) is 4.79 Å². The third kappa shape index (κ3) is 1.69. The number of rotatable bonds is 1. The van der Waals surface area contributed by atoms with Gasteiger partial charge in [0.2, 0.25) is 0 Å². The van der Waals surface area contributed by atoms with Gasteiger partial charge < -0.3 is 0 Å². The molecule has 1 aliphatic rings. The first kappa shape index (κ1) is 9.67. The number of hydrogen-bond acceptors (Lipinski definition) is 2. The van der Waals surface area contributed by atoms with Crippen molar-refractivity contribution in [2.45, 2.75) is 19.8 Å². The number of nitriles is 1. The summed E-state index contributed by atoms with van der Waals surface area (Å²) in [6.07, 6.45) is 1.50. The Hall–Kier alpha value is -1.88. The summed E-state index contributed by atoms with van der Waals surface area (Å²) in [5.41, 5.74) is 3.57. The SMILES string of the molecule is CC1=C(c2ccc(C#N)cc2)C(=O)CC1. The van der Waals surface area contributed by atoms with Gasteiger partial charge in [0.1, 0.15) is 0 Å². The number of hydrogen-bond donors (Lipinski definition) is 0. The van der Waals surface area contributed by atoms with E-state index in [1.165, 1.54) is 0 Å². The van der Waals surface area contributed by atoms with E-state index >= 15 is 0 Å². The summed E-state index contributed by atoms with van der Waals surface area (Å²) < 4.78 is 0. The molecule has 0 heterocycles. The van der Waals surface area contributed by atoms with Gasteiger partial charge in [0.15, 0.2) is 5.78 Å². The highest BCUT2D eigenvalue weighted by Crippen LogP contribution is 2.30. The van der Waals surface area contributed by atoms with Crippen LogP contribution < -0.4 is 0 Å². The number of carbonyl (C=O) groups excluding carboxylic acids is 1. The van der Waals surface area contributed by atoms with Gasteiger partial charge in [0.05, 0.1) is 11.6 Å². The van der Waals surface area contributed by atoms with Crippen molar-refractivity contribution in [1.29, 1.82) is 5.26 Å². The second-order valence-corrected chi connectivity index (χ2v) is 3.77. The Kier molecular flexibility index (Phi) is 2.39. The smallest absolute Gasteiger partial charge is 0.163 e. The third-order valence-corrected chi connectivity index (χ3v) is 2.74. The van der Waals surface area contributed by atoms with Crippen LogP contribution in [0.25, 0.3) is 5.57 Å². The van der Waals surface area contributed by atoms with E-state index in [1.54, 1.807) is 12.1 Å². The quantitative estimate of drug-likeness (QED) is 0.694. The average molecular weight is 197 g/mol. The van der Waals surface area contributed by atoms with Gasteiger partial charge in [-0.1, -0.05) is 17.7 Å². The zero-order valence-electron chi connectivity index (χ0n) is 8.58. The van der Waals surface area contributed by atoms with Crippen molar-refractivity contribution in [1.82, 2.24) is 0 Å². The van der Waals surface area contributed by atoms with Crippen molar-refractivity contribution in [3.8, 4) is 6.07 Å². The van der Waals surface area contributed by atoms with Crippen LogP contribution in [-0.4, -0.2) is 5.78 Å². The molecule has 1 aromatic carbocycles. The Bertz CT molecular complexity index is 474. The minimum absolute atomic E-state index is 0.220.